The Morgan fingerprint density at radius 2 is 2.03 bits per heavy atom. The van der Waals surface area contributed by atoms with Gasteiger partial charge in [-0.2, -0.15) is 5.10 Å². The number of benzene rings is 2. The minimum absolute atomic E-state index is 0.123. The van der Waals surface area contributed by atoms with E-state index >= 15 is 0 Å². The Hall–Kier alpha value is -3.78. The number of carbonyl (C=O) groups is 1. The van der Waals surface area contributed by atoms with Crippen LogP contribution in [0.15, 0.2) is 65.8 Å². The minimum Gasteiger partial charge on any atom is -0.395 e. The first kappa shape index (κ1) is 20.5. The Balaban J connectivity index is 1.68. The highest BCUT2D eigenvalue weighted by Gasteiger charge is 2.15. The summed E-state index contributed by atoms with van der Waals surface area (Å²) in [6.07, 6.45) is 3.27. The van der Waals surface area contributed by atoms with Crippen molar-refractivity contribution in [1.29, 1.82) is 0 Å². The lowest BCUT2D eigenvalue weighted by molar-refractivity contribution is 0.0944. The molecule has 0 saturated heterocycles. The zero-order valence-corrected chi connectivity index (χ0v) is 17.3. The van der Waals surface area contributed by atoms with Crippen molar-refractivity contribution >= 4 is 16.8 Å². The molecule has 0 spiro atoms. The third-order valence-electron chi connectivity index (χ3n) is 5.35. The molecule has 158 valence electrons. The van der Waals surface area contributed by atoms with Gasteiger partial charge in [-0.3, -0.25) is 18.8 Å². The topological polar surface area (TPSA) is 102 Å². The van der Waals surface area contributed by atoms with E-state index in [2.05, 4.69) is 15.4 Å². The number of aliphatic hydroxyl groups excluding tert-OH is 1. The van der Waals surface area contributed by atoms with Gasteiger partial charge in [-0.05, 0) is 42.8 Å². The first-order valence-electron chi connectivity index (χ1n) is 9.98. The van der Waals surface area contributed by atoms with Crippen molar-refractivity contribution in [3.05, 3.63) is 82.5 Å². The number of rotatable bonds is 6. The average molecular weight is 417 g/mol. The van der Waals surface area contributed by atoms with Crippen LogP contribution in [0.2, 0.25) is 0 Å². The van der Waals surface area contributed by atoms with Gasteiger partial charge in [-0.15, -0.1) is 0 Å². The minimum atomic E-state index is -0.313. The molecule has 4 aromatic rings. The maximum absolute atomic E-state index is 13.2. The van der Waals surface area contributed by atoms with Gasteiger partial charge in [0, 0.05) is 30.9 Å². The molecule has 8 nitrogen and oxygen atoms in total. The number of hydrogen-bond donors (Lipinski definition) is 2. The first-order valence-corrected chi connectivity index (χ1v) is 9.98. The van der Waals surface area contributed by atoms with Crippen LogP contribution in [0.3, 0.4) is 0 Å². The normalized spacial score (nSPS) is 12.1. The zero-order valence-electron chi connectivity index (χ0n) is 17.3. The van der Waals surface area contributed by atoms with Crippen molar-refractivity contribution in [2.24, 2.45) is 7.05 Å². The summed E-state index contributed by atoms with van der Waals surface area (Å²) in [7, 11) is 1.87. The van der Waals surface area contributed by atoms with Crippen LogP contribution < -0.4 is 10.9 Å². The highest BCUT2D eigenvalue weighted by Crippen LogP contribution is 2.23. The molecule has 2 aromatic carbocycles. The molecule has 0 aliphatic carbocycles. The molecule has 2 N–H and O–H groups in total. The number of aliphatic hydroxyl groups is 1. The van der Waals surface area contributed by atoms with Crippen LogP contribution in [0.25, 0.3) is 22.2 Å². The molecule has 0 saturated carbocycles. The number of nitrogens with one attached hydrogen (secondary N) is 1. The summed E-state index contributed by atoms with van der Waals surface area (Å²) in [6.45, 7) is 1.96. The zero-order chi connectivity index (χ0) is 22.0. The predicted octanol–water partition coefficient (Wildman–Crippen LogP) is 2.13. The Kier molecular flexibility index (Phi) is 5.64. The largest absolute Gasteiger partial charge is 0.395 e. The SMILES string of the molecule is C[C@H](c1cccc(C(=O)NCCO)c1)n1cnc2cc(-c3ccnn3C)ccc2c1=O. The number of aromatic nitrogens is 4. The molecule has 0 radical (unpaired) electrons. The highest BCUT2D eigenvalue weighted by molar-refractivity contribution is 5.94. The molecule has 0 unspecified atom stereocenters. The second kappa shape index (κ2) is 8.53. The summed E-state index contributed by atoms with van der Waals surface area (Å²) in [5, 5.41) is 16.2. The lowest BCUT2D eigenvalue weighted by Gasteiger charge is -2.17. The Morgan fingerprint density at radius 3 is 2.77 bits per heavy atom. The lowest BCUT2D eigenvalue weighted by Crippen LogP contribution is -2.27. The van der Waals surface area contributed by atoms with Crippen LogP contribution in [0.5, 0.6) is 0 Å². The second-order valence-corrected chi connectivity index (χ2v) is 7.31. The average Bonchev–Trinajstić information content (AvgIpc) is 3.23. The van der Waals surface area contributed by atoms with Gasteiger partial charge in [-0.1, -0.05) is 18.2 Å². The summed E-state index contributed by atoms with van der Waals surface area (Å²) in [5.74, 6) is -0.269. The van der Waals surface area contributed by atoms with E-state index in [-0.39, 0.29) is 30.7 Å². The van der Waals surface area contributed by atoms with Crippen molar-refractivity contribution in [1.82, 2.24) is 24.6 Å². The van der Waals surface area contributed by atoms with Crippen molar-refractivity contribution in [2.75, 3.05) is 13.2 Å². The smallest absolute Gasteiger partial charge is 0.261 e. The number of aryl methyl sites for hydroxylation is 1. The van der Waals surface area contributed by atoms with Gasteiger partial charge in [0.2, 0.25) is 0 Å². The number of amides is 1. The standard InChI is InChI=1S/C23H23N5O3/c1-15(16-4-3-5-18(12-16)22(30)24-10-11-29)28-14-25-20-13-17(6-7-19(20)23(28)31)21-8-9-26-27(21)2/h3-9,12-15,29H,10-11H2,1-2H3,(H,24,30)/t15-/m1/s1. The van der Waals surface area contributed by atoms with Gasteiger partial charge < -0.3 is 10.4 Å². The molecule has 8 heteroatoms. The molecule has 0 aliphatic heterocycles. The predicted molar refractivity (Wildman–Crippen MR) is 118 cm³/mol. The second-order valence-electron chi connectivity index (χ2n) is 7.31. The van der Waals surface area contributed by atoms with E-state index in [1.165, 1.54) is 0 Å². The number of nitrogens with zero attached hydrogens (tertiary/aromatic N) is 4. The van der Waals surface area contributed by atoms with Crippen LogP contribution in [0.1, 0.15) is 28.9 Å². The van der Waals surface area contributed by atoms with Crippen LogP contribution in [0.4, 0.5) is 0 Å². The molecular weight excluding hydrogens is 394 g/mol. The van der Waals surface area contributed by atoms with E-state index in [0.717, 1.165) is 16.8 Å². The van der Waals surface area contributed by atoms with E-state index in [1.807, 2.05) is 38.2 Å². The summed E-state index contributed by atoms with van der Waals surface area (Å²) in [4.78, 5) is 29.9. The van der Waals surface area contributed by atoms with E-state index in [1.54, 1.807) is 46.0 Å². The van der Waals surface area contributed by atoms with Gasteiger partial charge >= 0.3 is 0 Å². The number of fused-ring (bicyclic) bond motifs is 1. The summed E-state index contributed by atoms with van der Waals surface area (Å²) in [5.41, 5.74) is 3.63. The fourth-order valence-corrected chi connectivity index (χ4v) is 3.60. The van der Waals surface area contributed by atoms with Crippen LogP contribution in [-0.4, -0.2) is 43.5 Å². The van der Waals surface area contributed by atoms with Crippen LogP contribution in [-0.2, 0) is 7.05 Å². The maximum Gasteiger partial charge on any atom is 0.261 e. The van der Waals surface area contributed by atoms with Gasteiger partial charge in [0.05, 0.1) is 35.6 Å². The quantitative estimate of drug-likeness (QED) is 0.500. The fourth-order valence-electron chi connectivity index (χ4n) is 3.60. The molecule has 1 amide bonds. The van der Waals surface area contributed by atoms with Crippen LogP contribution in [0, 0.1) is 0 Å². The van der Waals surface area contributed by atoms with E-state index in [9.17, 15) is 9.59 Å². The Bertz CT molecular complexity index is 1310. The van der Waals surface area contributed by atoms with E-state index < -0.39 is 0 Å². The Labute approximate surface area is 178 Å². The molecular formula is C23H23N5O3. The molecule has 0 bridgehead atoms. The molecule has 2 aromatic heterocycles. The third kappa shape index (κ3) is 3.97. The van der Waals surface area contributed by atoms with Gasteiger partial charge in [0.1, 0.15) is 0 Å². The Morgan fingerprint density at radius 1 is 1.19 bits per heavy atom. The van der Waals surface area contributed by atoms with Gasteiger partial charge in [-0.25, -0.2) is 4.98 Å². The molecule has 0 aliphatic rings. The molecule has 31 heavy (non-hydrogen) atoms. The summed E-state index contributed by atoms with van der Waals surface area (Å²) in [6, 6.07) is 14.3. The summed E-state index contributed by atoms with van der Waals surface area (Å²) < 4.78 is 3.34. The summed E-state index contributed by atoms with van der Waals surface area (Å²) >= 11 is 0. The van der Waals surface area contributed by atoms with Gasteiger partial charge in [0.25, 0.3) is 11.5 Å². The van der Waals surface area contributed by atoms with Crippen molar-refractivity contribution < 1.29 is 9.90 Å². The third-order valence-corrected chi connectivity index (χ3v) is 5.35. The first-order chi connectivity index (χ1) is 15.0. The van der Waals surface area contributed by atoms with E-state index in [0.29, 0.717) is 16.5 Å². The molecule has 4 rings (SSSR count). The maximum atomic E-state index is 13.2. The molecule has 2 heterocycles. The van der Waals surface area contributed by atoms with Crippen molar-refractivity contribution in [3.63, 3.8) is 0 Å². The van der Waals surface area contributed by atoms with Crippen molar-refractivity contribution in [3.8, 4) is 11.3 Å². The fraction of sp³-hybridized carbons (Fsp3) is 0.217. The molecule has 1 atom stereocenters. The van der Waals surface area contributed by atoms with Crippen LogP contribution >= 0.6 is 0 Å². The highest BCUT2D eigenvalue weighted by atomic mass is 16.3. The number of hydrogen-bond acceptors (Lipinski definition) is 5. The monoisotopic (exact) mass is 417 g/mol. The van der Waals surface area contributed by atoms with Gasteiger partial charge in [0.15, 0.2) is 0 Å². The van der Waals surface area contributed by atoms with E-state index in [4.69, 9.17) is 5.11 Å². The number of carbonyl (C=O) groups excluding carboxylic acids is 1. The van der Waals surface area contributed by atoms with Crippen molar-refractivity contribution in [2.45, 2.75) is 13.0 Å². The molecule has 0 fully saturated rings. The lowest BCUT2D eigenvalue weighted by atomic mass is 10.0.